The Balaban J connectivity index is 1.93. The van der Waals surface area contributed by atoms with Gasteiger partial charge in [0.05, 0.1) is 17.3 Å². The minimum absolute atomic E-state index is 0.0131. The van der Waals surface area contributed by atoms with Crippen LogP contribution >= 0.6 is 0 Å². The van der Waals surface area contributed by atoms with Crippen LogP contribution in [0.5, 0.6) is 0 Å². The quantitative estimate of drug-likeness (QED) is 0.688. The minimum Gasteiger partial charge on any atom is -0.266 e. The highest BCUT2D eigenvalue weighted by Crippen LogP contribution is 2.19. The molecular formula is C17H10F3N5O3S. The maximum atomic E-state index is 14.2. The molecule has 0 fully saturated rings. The van der Waals surface area contributed by atoms with Gasteiger partial charge in [0.25, 0.3) is 15.9 Å². The fraction of sp³-hybridized carbons (Fsp3) is 0.0588. The Kier molecular flexibility index (Phi) is 5.08. The Morgan fingerprint density at radius 3 is 2.48 bits per heavy atom. The standard InChI is InChI=1S/C17H10F3N5O3S/c1-9-16(22-24-25(9)14-4-2-10(8-21)6-12(14)19)17(26)23-29(27,28)15-5-3-11(18)7-13(15)20/h2-7H,1H3,(H,23,26). The smallest absolute Gasteiger partial charge is 0.266 e. The fourth-order valence-corrected chi connectivity index (χ4v) is 3.45. The summed E-state index contributed by atoms with van der Waals surface area (Å²) in [6, 6.07) is 7.02. The summed E-state index contributed by atoms with van der Waals surface area (Å²) in [4.78, 5) is 11.4. The average molecular weight is 421 g/mol. The number of aromatic nitrogens is 3. The summed E-state index contributed by atoms with van der Waals surface area (Å²) < 4.78 is 67.9. The molecule has 0 spiro atoms. The molecule has 1 N–H and O–H groups in total. The Morgan fingerprint density at radius 1 is 1.14 bits per heavy atom. The second-order valence-electron chi connectivity index (χ2n) is 5.72. The third kappa shape index (κ3) is 3.81. The summed E-state index contributed by atoms with van der Waals surface area (Å²) in [5.74, 6) is -4.43. The van der Waals surface area contributed by atoms with Gasteiger partial charge in [0.1, 0.15) is 28.0 Å². The molecule has 0 aliphatic rings. The molecule has 2 aromatic carbocycles. The number of sulfonamides is 1. The number of hydrogen-bond donors (Lipinski definition) is 1. The van der Waals surface area contributed by atoms with Gasteiger partial charge in [-0.15, -0.1) is 5.10 Å². The fourth-order valence-electron chi connectivity index (χ4n) is 2.43. The summed E-state index contributed by atoms with van der Waals surface area (Å²) in [5, 5.41) is 15.9. The number of nitriles is 1. The highest BCUT2D eigenvalue weighted by Gasteiger charge is 2.26. The van der Waals surface area contributed by atoms with Crippen LogP contribution in [0.4, 0.5) is 13.2 Å². The summed E-state index contributed by atoms with van der Waals surface area (Å²) in [7, 11) is -4.67. The Labute approximate surface area is 162 Å². The van der Waals surface area contributed by atoms with Crippen molar-refractivity contribution in [2.75, 3.05) is 0 Å². The van der Waals surface area contributed by atoms with Gasteiger partial charge in [-0.3, -0.25) is 4.79 Å². The van der Waals surface area contributed by atoms with E-state index in [0.29, 0.717) is 12.1 Å². The first-order chi connectivity index (χ1) is 13.6. The molecule has 148 valence electrons. The van der Waals surface area contributed by atoms with Crippen LogP contribution in [0.3, 0.4) is 0 Å². The van der Waals surface area contributed by atoms with Crippen LogP contribution in [0.2, 0.25) is 0 Å². The SMILES string of the molecule is Cc1c(C(=O)NS(=O)(=O)c2ccc(F)cc2F)nnn1-c1ccc(C#N)cc1F. The van der Waals surface area contributed by atoms with Gasteiger partial charge in [-0.05, 0) is 37.3 Å². The molecule has 0 saturated carbocycles. The normalized spacial score (nSPS) is 11.1. The zero-order valence-electron chi connectivity index (χ0n) is 14.5. The number of carbonyl (C=O) groups excluding carboxylic acids is 1. The van der Waals surface area contributed by atoms with Crippen molar-refractivity contribution in [1.29, 1.82) is 5.26 Å². The number of amides is 1. The Morgan fingerprint density at radius 2 is 1.86 bits per heavy atom. The molecule has 0 aliphatic carbocycles. The highest BCUT2D eigenvalue weighted by atomic mass is 32.2. The van der Waals surface area contributed by atoms with E-state index >= 15 is 0 Å². The average Bonchev–Trinajstić information content (AvgIpc) is 3.02. The first kappa shape index (κ1) is 20.0. The monoisotopic (exact) mass is 421 g/mol. The number of carbonyl (C=O) groups is 1. The van der Waals surface area contributed by atoms with Crippen LogP contribution in [0, 0.1) is 35.7 Å². The van der Waals surface area contributed by atoms with Crippen LogP contribution in [0.25, 0.3) is 5.69 Å². The molecule has 0 aliphatic heterocycles. The number of nitrogens with zero attached hydrogens (tertiary/aromatic N) is 4. The van der Waals surface area contributed by atoms with E-state index in [9.17, 15) is 26.4 Å². The summed E-state index contributed by atoms with van der Waals surface area (Å²) >= 11 is 0. The number of halogens is 3. The Hall–Kier alpha value is -3.72. The predicted octanol–water partition coefficient (Wildman–Crippen LogP) is 1.98. The lowest BCUT2D eigenvalue weighted by Crippen LogP contribution is -2.32. The van der Waals surface area contributed by atoms with Crippen LogP contribution in [0.15, 0.2) is 41.3 Å². The first-order valence-electron chi connectivity index (χ1n) is 7.78. The van der Waals surface area contributed by atoms with Crippen molar-refractivity contribution >= 4 is 15.9 Å². The molecule has 0 unspecified atom stereocenters. The van der Waals surface area contributed by atoms with Crippen molar-refractivity contribution in [2.45, 2.75) is 11.8 Å². The van der Waals surface area contributed by atoms with Crippen molar-refractivity contribution in [3.63, 3.8) is 0 Å². The zero-order valence-corrected chi connectivity index (χ0v) is 15.3. The van der Waals surface area contributed by atoms with Gasteiger partial charge in [-0.2, -0.15) is 5.26 Å². The molecule has 29 heavy (non-hydrogen) atoms. The lowest BCUT2D eigenvalue weighted by molar-refractivity contribution is 0.0976. The van der Waals surface area contributed by atoms with E-state index < -0.39 is 44.0 Å². The topological polar surface area (TPSA) is 118 Å². The molecule has 1 amide bonds. The first-order valence-corrected chi connectivity index (χ1v) is 9.27. The summed E-state index contributed by atoms with van der Waals surface area (Å²) in [6.07, 6.45) is 0. The molecule has 3 aromatic rings. The van der Waals surface area contributed by atoms with Crippen LogP contribution in [-0.2, 0) is 10.0 Å². The maximum absolute atomic E-state index is 14.2. The van der Waals surface area contributed by atoms with E-state index in [1.807, 2.05) is 0 Å². The van der Waals surface area contributed by atoms with Crippen molar-refractivity contribution < 1.29 is 26.4 Å². The second-order valence-corrected chi connectivity index (χ2v) is 7.37. The number of benzene rings is 2. The zero-order chi connectivity index (χ0) is 21.3. The maximum Gasteiger partial charge on any atom is 0.287 e. The lowest BCUT2D eigenvalue weighted by Gasteiger charge is -2.08. The second kappa shape index (κ2) is 7.36. The number of nitrogens with one attached hydrogen (secondary N) is 1. The summed E-state index contributed by atoms with van der Waals surface area (Å²) in [5.41, 5.74) is -0.532. The minimum atomic E-state index is -4.67. The van der Waals surface area contributed by atoms with Crippen molar-refractivity contribution in [3.05, 3.63) is 70.8 Å². The van der Waals surface area contributed by atoms with Gasteiger partial charge in [0.15, 0.2) is 5.69 Å². The largest absolute Gasteiger partial charge is 0.287 e. The van der Waals surface area contributed by atoms with Crippen molar-refractivity contribution in [3.8, 4) is 11.8 Å². The highest BCUT2D eigenvalue weighted by molar-refractivity contribution is 7.90. The number of hydrogen-bond acceptors (Lipinski definition) is 6. The van der Waals surface area contributed by atoms with Crippen LogP contribution in [-0.4, -0.2) is 29.3 Å². The van der Waals surface area contributed by atoms with Gasteiger partial charge in [-0.1, -0.05) is 5.21 Å². The van der Waals surface area contributed by atoms with E-state index in [1.165, 1.54) is 19.1 Å². The third-order valence-corrected chi connectivity index (χ3v) is 5.19. The van der Waals surface area contributed by atoms with Crippen molar-refractivity contribution in [1.82, 2.24) is 19.7 Å². The predicted molar refractivity (Wildman–Crippen MR) is 91.8 cm³/mol. The van der Waals surface area contributed by atoms with Gasteiger partial charge >= 0.3 is 0 Å². The third-order valence-electron chi connectivity index (χ3n) is 3.83. The summed E-state index contributed by atoms with van der Waals surface area (Å²) in [6.45, 7) is 1.33. The van der Waals surface area contributed by atoms with Gasteiger partial charge in [-0.25, -0.2) is 31.0 Å². The molecule has 0 radical (unpaired) electrons. The molecule has 1 aromatic heterocycles. The molecule has 8 nitrogen and oxygen atoms in total. The number of rotatable bonds is 4. The lowest BCUT2D eigenvalue weighted by atomic mass is 10.2. The molecule has 0 bridgehead atoms. The van der Waals surface area contributed by atoms with E-state index in [4.69, 9.17) is 5.26 Å². The molecule has 1 heterocycles. The van der Waals surface area contributed by atoms with Gasteiger partial charge in [0.2, 0.25) is 0 Å². The van der Waals surface area contributed by atoms with Crippen LogP contribution < -0.4 is 4.72 Å². The van der Waals surface area contributed by atoms with E-state index in [2.05, 4.69) is 10.3 Å². The molecule has 0 atom stereocenters. The van der Waals surface area contributed by atoms with Crippen LogP contribution in [0.1, 0.15) is 21.7 Å². The Bertz CT molecular complexity index is 1280. The molecular weight excluding hydrogens is 411 g/mol. The van der Waals surface area contributed by atoms with E-state index in [0.717, 1.165) is 16.8 Å². The molecule has 0 saturated heterocycles. The van der Waals surface area contributed by atoms with E-state index in [1.54, 1.807) is 10.8 Å². The van der Waals surface area contributed by atoms with Gasteiger partial charge < -0.3 is 0 Å². The van der Waals surface area contributed by atoms with E-state index in [-0.39, 0.29) is 16.9 Å². The molecule has 3 rings (SSSR count). The van der Waals surface area contributed by atoms with Crippen molar-refractivity contribution in [2.24, 2.45) is 0 Å². The molecule has 12 heteroatoms. The van der Waals surface area contributed by atoms with Gasteiger partial charge in [0, 0.05) is 6.07 Å².